The summed E-state index contributed by atoms with van der Waals surface area (Å²) in [5, 5.41) is 9.01. The second kappa shape index (κ2) is 3.49. The van der Waals surface area contributed by atoms with Crippen LogP contribution in [0.3, 0.4) is 0 Å². The summed E-state index contributed by atoms with van der Waals surface area (Å²) in [6.07, 6.45) is 1.49. The summed E-state index contributed by atoms with van der Waals surface area (Å²) in [5.74, 6) is 5.61. The van der Waals surface area contributed by atoms with Gasteiger partial charge in [-0.1, -0.05) is 18.4 Å². The first kappa shape index (κ1) is 8.22. The zero-order valence-electron chi connectivity index (χ0n) is 6.54. The normalized spacial score (nSPS) is 8.33. The average Bonchev–Trinajstić information content (AvgIpc) is 2.03. The summed E-state index contributed by atoms with van der Waals surface area (Å²) in [4.78, 5) is 0. The van der Waals surface area contributed by atoms with Crippen LogP contribution in [0.25, 0.3) is 0 Å². The molecule has 1 rings (SSSR count). The molecule has 0 atom stereocenters. The molecule has 0 heterocycles. The molecule has 0 spiro atoms. The minimum atomic E-state index is 0.150. The third-order valence-electron chi connectivity index (χ3n) is 1.34. The molecule has 0 radical (unpaired) electrons. The number of allylic oxidation sites excluding steroid dienone is 1. The van der Waals surface area contributed by atoms with Crippen molar-refractivity contribution in [2.45, 2.75) is 0 Å². The molecule has 0 bridgehead atoms. The zero-order valence-corrected chi connectivity index (χ0v) is 6.54. The summed E-state index contributed by atoms with van der Waals surface area (Å²) in [6, 6.07) is 4.68. The van der Waals surface area contributed by atoms with Gasteiger partial charge < -0.3 is 10.8 Å². The standard InChI is InChI=1S/C10H9NO/c1-2-3-4-8-5-6-9(12)7-10(8)11/h2,5-7,12H,1,11H2. The molecule has 60 valence electrons. The van der Waals surface area contributed by atoms with E-state index in [0.717, 1.165) is 0 Å². The van der Waals surface area contributed by atoms with Crippen LogP contribution >= 0.6 is 0 Å². The highest BCUT2D eigenvalue weighted by Gasteiger charge is 1.95. The van der Waals surface area contributed by atoms with Crippen molar-refractivity contribution in [3.05, 3.63) is 36.4 Å². The summed E-state index contributed by atoms with van der Waals surface area (Å²) in [5.41, 5.74) is 6.74. The molecule has 0 saturated carbocycles. The molecule has 2 heteroatoms. The van der Waals surface area contributed by atoms with E-state index in [1.807, 2.05) is 0 Å². The lowest BCUT2D eigenvalue weighted by Crippen LogP contribution is -1.88. The largest absolute Gasteiger partial charge is 0.508 e. The maximum Gasteiger partial charge on any atom is 0.117 e. The molecule has 2 nitrogen and oxygen atoms in total. The van der Waals surface area contributed by atoms with Crippen molar-refractivity contribution >= 4 is 5.69 Å². The minimum absolute atomic E-state index is 0.150. The molecule has 0 fully saturated rings. The van der Waals surface area contributed by atoms with Gasteiger partial charge in [0.25, 0.3) is 0 Å². The van der Waals surface area contributed by atoms with Crippen LogP contribution in [-0.4, -0.2) is 5.11 Å². The molecule has 0 saturated heterocycles. The van der Waals surface area contributed by atoms with E-state index in [4.69, 9.17) is 10.8 Å². The van der Waals surface area contributed by atoms with Crippen LogP contribution in [0.1, 0.15) is 5.56 Å². The Morgan fingerprint density at radius 1 is 1.50 bits per heavy atom. The Labute approximate surface area is 71.3 Å². The number of phenols is 1. The number of nitrogens with two attached hydrogens (primary N) is 1. The molecule has 3 N–H and O–H groups in total. The van der Waals surface area contributed by atoms with Gasteiger partial charge in [-0.15, -0.1) is 0 Å². The molecule has 0 amide bonds. The molecule has 12 heavy (non-hydrogen) atoms. The molecule has 0 aliphatic carbocycles. The van der Waals surface area contributed by atoms with Crippen LogP contribution in [-0.2, 0) is 0 Å². The highest BCUT2D eigenvalue weighted by atomic mass is 16.3. The Morgan fingerprint density at radius 3 is 2.83 bits per heavy atom. The first-order valence-electron chi connectivity index (χ1n) is 3.45. The fourth-order valence-corrected chi connectivity index (χ4v) is 0.793. The molecule has 1 aromatic rings. The van der Waals surface area contributed by atoms with E-state index in [9.17, 15) is 0 Å². The second-order valence-electron chi connectivity index (χ2n) is 2.25. The topological polar surface area (TPSA) is 46.2 Å². The van der Waals surface area contributed by atoms with Gasteiger partial charge in [0, 0.05) is 11.6 Å². The van der Waals surface area contributed by atoms with Crippen molar-refractivity contribution in [3.63, 3.8) is 0 Å². The summed E-state index contributed by atoms with van der Waals surface area (Å²) in [6.45, 7) is 3.46. The molecule has 0 aliphatic heterocycles. The van der Waals surface area contributed by atoms with Crippen LogP contribution in [0.5, 0.6) is 5.75 Å². The number of hydrogen-bond donors (Lipinski definition) is 2. The van der Waals surface area contributed by atoms with Crippen LogP contribution in [0.4, 0.5) is 5.69 Å². The van der Waals surface area contributed by atoms with Gasteiger partial charge in [-0.3, -0.25) is 0 Å². The van der Waals surface area contributed by atoms with Crippen molar-refractivity contribution in [3.8, 4) is 17.6 Å². The third kappa shape index (κ3) is 1.80. The number of phenolic OH excluding ortho intramolecular Hbond substituents is 1. The Bertz CT molecular complexity index is 358. The summed E-state index contributed by atoms with van der Waals surface area (Å²) < 4.78 is 0. The van der Waals surface area contributed by atoms with Gasteiger partial charge in [0.05, 0.1) is 5.69 Å². The minimum Gasteiger partial charge on any atom is -0.508 e. The Balaban J connectivity index is 3.09. The van der Waals surface area contributed by atoms with Crippen LogP contribution in [0.2, 0.25) is 0 Å². The van der Waals surface area contributed by atoms with E-state index < -0.39 is 0 Å². The van der Waals surface area contributed by atoms with Crippen molar-refractivity contribution in [1.82, 2.24) is 0 Å². The van der Waals surface area contributed by atoms with Crippen molar-refractivity contribution in [2.24, 2.45) is 0 Å². The summed E-state index contributed by atoms with van der Waals surface area (Å²) >= 11 is 0. The van der Waals surface area contributed by atoms with E-state index in [0.29, 0.717) is 11.3 Å². The molecular weight excluding hydrogens is 150 g/mol. The first-order valence-corrected chi connectivity index (χ1v) is 3.45. The smallest absolute Gasteiger partial charge is 0.117 e. The monoisotopic (exact) mass is 159 g/mol. The van der Waals surface area contributed by atoms with Crippen LogP contribution in [0, 0.1) is 11.8 Å². The molecule has 1 aromatic carbocycles. The van der Waals surface area contributed by atoms with E-state index in [1.54, 1.807) is 12.1 Å². The van der Waals surface area contributed by atoms with Gasteiger partial charge in [0.15, 0.2) is 0 Å². The van der Waals surface area contributed by atoms with Gasteiger partial charge in [-0.2, -0.15) is 0 Å². The van der Waals surface area contributed by atoms with Gasteiger partial charge >= 0.3 is 0 Å². The molecule has 0 unspecified atom stereocenters. The molecule has 0 aliphatic rings. The van der Waals surface area contributed by atoms with E-state index in [-0.39, 0.29) is 5.75 Å². The number of nitrogen functional groups attached to an aromatic ring is 1. The summed E-state index contributed by atoms with van der Waals surface area (Å²) in [7, 11) is 0. The predicted molar refractivity (Wildman–Crippen MR) is 49.6 cm³/mol. The van der Waals surface area contributed by atoms with Crippen molar-refractivity contribution in [2.75, 3.05) is 5.73 Å². The Morgan fingerprint density at radius 2 is 2.25 bits per heavy atom. The highest BCUT2D eigenvalue weighted by Crippen LogP contribution is 2.17. The van der Waals surface area contributed by atoms with E-state index in [1.165, 1.54) is 12.1 Å². The Hall–Kier alpha value is -1.88. The van der Waals surface area contributed by atoms with Crippen LogP contribution < -0.4 is 5.73 Å². The number of benzene rings is 1. The molecule has 0 aromatic heterocycles. The first-order chi connectivity index (χ1) is 5.74. The number of hydrogen-bond acceptors (Lipinski definition) is 2. The fraction of sp³-hybridized carbons (Fsp3) is 0. The SMILES string of the molecule is C=CC#Cc1ccc(O)cc1N. The number of aromatic hydroxyl groups is 1. The quantitative estimate of drug-likeness (QED) is 0.445. The lowest BCUT2D eigenvalue weighted by Gasteiger charge is -1.97. The highest BCUT2D eigenvalue weighted by molar-refractivity contribution is 5.58. The van der Waals surface area contributed by atoms with Crippen LogP contribution in [0.15, 0.2) is 30.9 Å². The zero-order chi connectivity index (χ0) is 8.97. The maximum absolute atomic E-state index is 9.01. The van der Waals surface area contributed by atoms with Gasteiger partial charge in [-0.05, 0) is 18.2 Å². The van der Waals surface area contributed by atoms with Gasteiger partial charge in [0.2, 0.25) is 0 Å². The second-order valence-corrected chi connectivity index (χ2v) is 2.25. The van der Waals surface area contributed by atoms with E-state index in [2.05, 4.69) is 18.4 Å². The lowest BCUT2D eigenvalue weighted by molar-refractivity contribution is 0.475. The van der Waals surface area contributed by atoms with E-state index >= 15 is 0 Å². The van der Waals surface area contributed by atoms with Gasteiger partial charge in [-0.25, -0.2) is 0 Å². The number of anilines is 1. The number of rotatable bonds is 0. The third-order valence-corrected chi connectivity index (χ3v) is 1.34. The average molecular weight is 159 g/mol. The predicted octanol–water partition coefficient (Wildman–Crippen LogP) is 1.51. The van der Waals surface area contributed by atoms with Gasteiger partial charge in [0.1, 0.15) is 5.75 Å². The molecular formula is C10H9NO. The van der Waals surface area contributed by atoms with Crippen molar-refractivity contribution in [1.29, 1.82) is 0 Å². The lowest BCUT2D eigenvalue weighted by atomic mass is 10.2. The fourth-order valence-electron chi connectivity index (χ4n) is 0.793. The van der Waals surface area contributed by atoms with Crippen molar-refractivity contribution < 1.29 is 5.11 Å². The maximum atomic E-state index is 9.01. The Kier molecular flexibility index (Phi) is 2.39.